The quantitative estimate of drug-likeness (QED) is 0.704. The first-order chi connectivity index (χ1) is 12.5. The van der Waals surface area contributed by atoms with Crippen LogP contribution in [0, 0.1) is 17.8 Å². The van der Waals surface area contributed by atoms with Crippen molar-refractivity contribution in [2.24, 2.45) is 17.8 Å². The molecular formula is C22H30N2O2. The van der Waals surface area contributed by atoms with E-state index in [0.29, 0.717) is 17.8 Å². The maximum atomic E-state index is 12.8. The molecule has 1 unspecified atom stereocenters. The van der Waals surface area contributed by atoms with Crippen LogP contribution in [-0.4, -0.2) is 21.6 Å². The van der Waals surface area contributed by atoms with E-state index in [1.807, 2.05) is 47.9 Å². The van der Waals surface area contributed by atoms with E-state index in [-0.39, 0.29) is 18.6 Å². The van der Waals surface area contributed by atoms with Crippen LogP contribution in [0.15, 0.2) is 30.3 Å². The molecule has 3 atom stereocenters. The van der Waals surface area contributed by atoms with Crippen molar-refractivity contribution in [1.29, 1.82) is 0 Å². The minimum Gasteiger partial charge on any atom is -0.461 e. The number of hydrogen-bond acceptors (Lipinski definition) is 3. The Bertz CT molecular complexity index is 791. The molecule has 1 aromatic heterocycles. The number of imidazole rings is 1. The zero-order valence-electron chi connectivity index (χ0n) is 16.3. The summed E-state index contributed by atoms with van der Waals surface area (Å²) in [5, 5.41) is 0. The molecule has 0 radical (unpaired) electrons. The van der Waals surface area contributed by atoms with Crippen LogP contribution >= 0.6 is 0 Å². The van der Waals surface area contributed by atoms with Crippen LogP contribution in [0.2, 0.25) is 0 Å². The van der Waals surface area contributed by atoms with Crippen LogP contribution in [0.4, 0.5) is 0 Å². The smallest absolute Gasteiger partial charge is 0.326 e. The lowest BCUT2D eigenvalue weighted by Crippen LogP contribution is -2.36. The lowest BCUT2D eigenvalue weighted by molar-refractivity contribution is -0.156. The Morgan fingerprint density at radius 3 is 2.85 bits per heavy atom. The van der Waals surface area contributed by atoms with Gasteiger partial charge in [0.05, 0.1) is 11.0 Å². The van der Waals surface area contributed by atoms with Crippen molar-refractivity contribution >= 4 is 23.1 Å². The number of carbonyl (C=O) groups excluding carboxylic acids is 1. The third kappa shape index (κ3) is 4.00. The number of carbonyl (C=O) groups is 1. The van der Waals surface area contributed by atoms with Crippen molar-refractivity contribution in [3.8, 4) is 0 Å². The normalized spacial score (nSPS) is 23.8. The molecule has 26 heavy (non-hydrogen) atoms. The summed E-state index contributed by atoms with van der Waals surface area (Å²) < 4.78 is 7.93. The Balaban J connectivity index is 1.79. The number of rotatable bonds is 5. The summed E-state index contributed by atoms with van der Waals surface area (Å²) in [6, 6.07) is 7.92. The average Bonchev–Trinajstić information content (AvgIpc) is 2.92. The average molecular weight is 354 g/mol. The van der Waals surface area contributed by atoms with Crippen LogP contribution < -0.4 is 0 Å². The van der Waals surface area contributed by atoms with Crippen LogP contribution in [0.5, 0.6) is 0 Å². The first kappa shape index (κ1) is 18.7. The molecular weight excluding hydrogens is 324 g/mol. The molecule has 1 heterocycles. The predicted molar refractivity (Wildman–Crippen MR) is 106 cm³/mol. The topological polar surface area (TPSA) is 44.1 Å². The standard InChI is InChI=1S/C22H30N2O2/c1-5-8-21-23-18-9-6-7-10-19(18)24(21)14-22(25)26-20-13-16(4)11-12-17(20)15(2)3/h5-10,15-17,20H,11-14H2,1-4H3/b8-5+/t16-,17+,20?/m1/s1. The first-order valence-corrected chi connectivity index (χ1v) is 9.77. The van der Waals surface area contributed by atoms with Crippen molar-refractivity contribution in [3.63, 3.8) is 0 Å². The molecule has 0 aliphatic heterocycles. The van der Waals surface area contributed by atoms with E-state index < -0.39 is 0 Å². The second kappa shape index (κ2) is 8.07. The molecule has 4 nitrogen and oxygen atoms in total. The Morgan fingerprint density at radius 1 is 1.35 bits per heavy atom. The zero-order valence-corrected chi connectivity index (χ0v) is 16.3. The first-order valence-electron chi connectivity index (χ1n) is 9.77. The van der Waals surface area contributed by atoms with Gasteiger partial charge in [-0.1, -0.05) is 45.4 Å². The Morgan fingerprint density at radius 2 is 2.12 bits per heavy atom. The van der Waals surface area contributed by atoms with Gasteiger partial charge in [0.15, 0.2) is 0 Å². The summed E-state index contributed by atoms with van der Waals surface area (Å²) in [7, 11) is 0. The SMILES string of the molecule is C/C=C/c1nc2ccccc2n1CC(=O)OC1C[C@H](C)CC[C@H]1C(C)C. The van der Waals surface area contributed by atoms with Crippen molar-refractivity contribution in [3.05, 3.63) is 36.2 Å². The lowest BCUT2D eigenvalue weighted by Gasteiger charge is -2.36. The fourth-order valence-corrected chi connectivity index (χ4v) is 4.12. The highest BCUT2D eigenvalue weighted by atomic mass is 16.5. The summed E-state index contributed by atoms with van der Waals surface area (Å²) in [5.74, 6) is 2.25. The summed E-state index contributed by atoms with van der Waals surface area (Å²) in [6.07, 6.45) is 7.27. The molecule has 0 N–H and O–H groups in total. The van der Waals surface area contributed by atoms with Gasteiger partial charge >= 0.3 is 5.97 Å². The van der Waals surface area contributed by atoms with Crippen molar-refractivity contribution in [2.75, 3.05) is 0 Å². The van der Waals surface area contributed by atoms with Crippen molar-refractivity contribution < 1.29 is 9.53 Å². The largest absolute Gasteiger partial charge is 0.461 e. The molecule has 0 saturated heterocycles. The van der Waals surface area contributed by atoms with Gasteiger partial charge in [-0.05, 0) is 55.7 Å². The maximum Gasteiger partial charge on any atom is 0.326 e. The van der Waals surface area contributed by atoms with Gasteiger partial charge in [-0.15, -0.1) is 0 Å². The van der Waals surface area contributed by atoms with E-state index in [1.54, 1.807) is 0 Å². The minimum absolute atomic E-state index is 0.0335. The molecule has 0 amide bonds. The summed E-state index contributed by atoms with van der Waals surface area (Å²) in [4.78, 5) is 17.4. The van der Waals surface area contributed by atoms with Gasteiger partial charge in [0.1, 0.15) is 18.5 Å². The fourth-order valence-electron chi connectivity index (χ4n) is 4.12. The number of ether oxygens (including phenoxy) is 1. The zero-order chi connectivity index (χ0) is 18.7. The van der Waals surface area contributed by atoms with Gasteiger partial charge in [0.2, 0.25) is 0 Å². The number of benzene rings is 1. The third-order valence-electron chi connectivity index (χ3n) is 5.53. The van der Waals surface area contributed by atoms with Gasteiger partial charge < -0.3 is 9.30 Å². The third-order valence-corrected chi connectivity index (χ3v) is 5.53. The molecule has 1 saturated carbocycles. The number of aromatic nitrogens is 2. The van der Waals surface area contributed by atoms with E-state index >= 15 is 0 Å². The fraction of sp³-hybridized carbons (Fsp3) is 0.545. The van der Waals surface area contributed by atoms with Crippen molar-refractivity contribution in [1.82, 2.24) is 9.55 Å². The number of allylic oxidation sites excluding steroid dienone is 1. The van der Waals surface area contributed by atoms with Crippen molar-refractivity contribution in [2.45, 2.75) is 59.6 Å². The number of esters is 1. The molecule has 1 aromatic carbocycles. The molecule has 2 aromatic rings. The number of fused-ring (bicyclic) bond motifs is 1. The molecule has 140 valence electrons. The van der Waals surface area contributed by atoms with E-state index in [9.17, 15) is 4.79 Å². The molecule has 1 aliphatic carbocycles. The van der Waals surface area contributed by atoms with Gasteiger partial charge in [0.25, 0.3) is 0 Å². The molecule has 4 heteroatoms. The second-order valence-corrected chi connectivity index (χ2v) is 7.90. The van der Waals surface area contributed by atoms with Gasteiger partial charge in [0, 0.05) is 0 Å². The molecule has 1 aliphatic rings. The van der Waals surface area contributed by atoms with Gasteiger partial charge in [-0.2, -0.15) is 0 Å². The highest BCUT2D eigenvalue weighted by Gasteiger charge is 2.33. The second-order valence-electron chi connectivity index (χ2n) is 7.90. The lowest BCUT2D eigenvalue weighted by atomic mass is 9.75. The maximum absolute atomic E-state index is 12.8. The summed E-state index contributed by atoms with van der Waals surface area (Å²) in [6.45, 7) is 8.88. The monoisotopic (exact) mass is 354 g/mol. The van der Waals surface area contributed by atoms with E-state index in [1.165, 1.54) is 6.42 Å². The number of hydrogen-bond donors (Lipinski definition) is 0. The summed E-state index contributed by atoms with van der Waals surface area (Å²) >= 11 is 0. The van der Waals surface area contributed by atoms with E-state index in [2.05, 4.69) is 25.8 Å². The van der Waals surface area contributed by atoms with Gasteiger partial charge in [-0.3, -0.25) is 4.79 Å². The summed E-state index contributed by atoms with van der Waals surface area (Å²) in [5.41, 5.74) is 1.87. The van der Waals surface area contributed by atoms with Crippen LogP contribution in [0.1, 0.15) is 52.8 Å². The van der Waals surface area contributed by atoms with Gasteiger partial charge in [-0.25, -0.2) is 4.98 Å². The Labute approximate surface area is 156 Å². The molecule has 1 fully saturated rings. The van der Waals surface area contributed by atoms with Crippen LogP contribution in [-0.2, 0) is 16.1 Å². The Kier molecular flexibility index (Phi) is 5.80. The van der Waals surface area contributed by atoms with Crippen LogP contribution in [0.3, 0.4) is 0 Å². The number of para-hydroxylation sites is 2. The highest BCUT2D eigenvalue weighted by Crippen LogP contribution is 2.35. The van der Waals surface area contributed by atoms with E-state index in [0.717, 1.165) is 29.7 Å². The van der Waals surface area contributed by atoms with Crippen LogP contribution in [0.25, 0.3) is 17.1 Å². The van der Waals surface area contributed by atoms with E-state index in [4.69, 9.17) is 4.74 Å². The predicted octanol–water partition coefficient (Wildman–Crippen LogP) is 5.07. The molecule has 0 bridgehead atoms. The molecule has 0 spiro atoms. The molecule has 3 rings (SSSR count). The highest BCUT2D eigenvalue weighted by molar-refractivity contribution is 5.80. The Hall–Kier alpha value is -2.10. The number of nitrogens with zero attached hydrogens (tertiary/aromatic N) is 2. The minimum atomic E-state index is -0.163.